The number of benzene rings is 1. The van der Waals surface area contributed by atoms with Crippen LogP contribution in [-0.2, 0) is 12.8 Å². The summed E-state index contributed by atoms with van der Waals surface area (Å²) in [4.78, 5) is 16.1. The third kappa shape index (κ3) is 2.81. The first-order valence-electron chi connectivity index (χ1n) is 7.36. The molecule has 114 valence electrons. The molecule has 1 heterocycles. The molecule has 0 aliphatic heterocycles. The van der Waals surface area contributed by atoms with Crippen LogP contribution in [0.5, 0.6) is 0 Å². The number of pyridine rings is 1. The van der Waals surface area contributed by atoms with Crippen LogP contribution in [0.4, 0.5) is 10.5 Å². The van der Waals surface area contributed by atoms with Gasteiger partial charge in [-0.1, -0.05) is 18.0 Å². The van der Waals surface area contributed by atoms with Crippen molar-refractivity contribution in [2.24, 2.45) is 0 Å². The van der Waals surface area contributed by atoms with E-state index in [1.807, 2.05) is 18.4 Å². The van der Waals surface area contributed by atoms with Gasteiger partial charge in [-0.25, -0.2) is 4.79 Å². The molecule has 4 nitrogen and oxygen atoms in total. The summed E-state index contributed by atoms with van der Waals surface area (Å²) in [6, 6.07) is 6.06. The second-order valence-corrected chi connectivity index (χ2v) is 6.04. The zero-order valence-corrected chi connectivity index (χ0v) is 13.6. The van der Waals surface area contributed by atoms with Gasteiger partial charge in [0, 0.05) is 24.2 Å². The van der Waals surface area contributed by atoms with Gasteiger partial charge in [-0.2, -0.15) is 0 Å². The van der Waals surface area contributed by atoms with Gasteiger partial charge < -0.3 is 5.32 Å². The maximum Gasteiger partial charge on any atom is 0.329 e. The molecule has 0 spiro atoms. The fourth-order valence-electron chi connectivity index (χ4n) is 3.15. The first kappa shape index (κ1) is 14.9. The molecule has 0 bridgehead atoms. The Morgan fingerprint density at radius 3 is 2.77 bits per heavy atom. The van der Waals surface area contributed by atoms with E-state index in [0.717, 1.165) is 36.1 Å². The van der Waals surface area contributed by atoms with Crippen molar-refractivity contribution in [2.75, 3.05) is 11.6 Å². The molecule has 2 aromatic rings. The second-order valence-electron chi connectivity index (χ2n) is 5.43. The van der Waals surface area contributed by atoms with Crippen molar-refractivity contribution in [3.8, 4) is 11.1 Å². The van der Waals surface area contributed by atoms with Gasteiger partial charge in [-0.15, -0.1) is 0 Å². The summed E-state index contributed by atoms with van der Waals surface area (Å²) in [5.74, 6) is 0. The Bertz CT molecular complexity index is 701. The highest BCUT2D eigenvalue weighted by molar-refractivity contribution is 7.97. The first-order chi connectivity index (χ1) is 10.7. The standard InChI is InChI=1S/C17H19N3OS/c1-11-10-13-4-3-5-14(13)16(19-17(21)20-22-2)15(11)12-6-8-18-9-7-12/h6-10H,3-5H2,1-2H3,(H2,19,20,21). The molecular weight excluding hydrogens is 294 g/mol. The first-order valence-corrected chi connectivity index (χ1v) is 8.59. The number of carbonyl (C=O) groups excluding carboxylic acids is 1. The van der Waals surface area contributed by atoms with Crippen molar-refractivity contribution in [1.29, 1.82) is 0 Å². The molecule has 0 fully saturated rings. The predicted octanol–water partition coefficient (Wildman–Crippen LogP) is 3.95. The molecule has 0 radical (unpaired) electrons. The maximum absolute atomic E-state index is 12.1. The van der Waals surface area contributed by atoms with E-state index in [1.54, 1.807) is 12.4 Å². The Morgan fingerprint density at radius 1 is 1.27 bits per heavy atom. The number of nitrogens with one attached hydrogen (secondary N) is 2. The van der Waals surface area contributed by atoms with Crippen molar-refractivity contribution in [2.45, 2.75) is 26.2 Å². The van der Waals surface area contributed by atoms with Gasteiger partial charge in [0.2, 0.25) is 0 Å². The highest BCUT2D eigenvalue weighted by atomic mass is 32.2. The third-order valence-electron chi connectivity index (χ3n) is 4.00. The van der Waals surface area contributed by atoms with Crippen LogP contribution < -0.4 is 10.0 Å². The highest BCUT2D eigenvalue weighted by Gasteiger charge is 2.22. The smallest absolute Gasteiger partial charge is 0.306 e. The van der Waals surface area contributed by atoms with Gasteiger partial charge >= 0.3 is 6.03 Å². The largest absolute Gasteiger partial charge is 0.329 e. The number of fused-ring (bicyclic) bond motifs is 1. The Balaban J connectivity index is 2.13. The summed E-state index contributed by atoms with van der Waals surface area (Å²) in [6.45, 7) is 2.10. The Labute approximate surface area is 134 Å². The lowest BCUT2D eigenvalue weighted by Gasteiger charge is -2.18. The summed E-state index contributed by atoms with van der Waals surface area (Å²) in [6.07, 6.45) is 8.66. The normalized spacial score (nSPS) is 12.8. The number of nitrogens with zero attached hydrogens (tertiary/aromatic N) is 1. The SMILES string of the molecule is CSNC(=O)Nc1c2c(cc(C)c1-c1ccncc1)CCC2. The molecule has 5 heteroatoms. The zero-order valence-electron chi connectivity index (χ0n) is 12.8. The van der Waals surface area contributed by atoms with Crippen LogP contribution in [0.25, 0.3) is 11.1 Å². The minimum absolute atomic E-state index is 0.178. The monoisotopic (exact) mass is 313 g/mol. The highest BCUT2D eigenvalue weighted by Crippen LogP contribution is 2.39. The van der Waals surface area contributed by atoms with Crippen LogP contribution in [0.2, 0.25) is 0 Å². The maximum atomic E-state index is 12.1. The van der Waals surface area contributed by atoms with Crippen LogP contribution >= 0.6 is 11.9 Å². The molecule has 0 saturated carbocycles. The van der Waals surface area contributed by atoms with Crippen molar-refractivity contribution in [3.05, 3.63) is 47.3 Å². The molecule has 1 aliphatic rings. The number of rotatable bonds is 3. The van der Waals surface area contributed by atoms with Crippen LogP contribution in [0.1, 0.15) is 23.1 Å². The van der Waals surface area contributed by atoms with Crippen LogP contribution in [-0.4, -0.2) is 17.3 Å². The number of hydrogen-bond donors (Lipinski definition) is 2. The number of anilines is 1. The Hall–Kier alpha value is -2.01. The summed E-state index contributed by atoms with van der Waals surface area (Å²) in [7, 11) is 0. The molecule has 1 aromatic heterocycles. The number of hydrogen-bond acceptors (Lipinski definition) is 3. The predicted molar refractivity (Wildman–Crippen MR) is 92.1 cm³/mol. The molecule has 1 aromatic carbocycles. The fraction of sp³-hybridized carbons (Fsp3) is 0.294. The lowest BCUT2D eigenvalue weighted by atomic mass is 9.93. The van der Waals surface area contributed by atoms with Gasteiger partial charge in [0.15, 0.2) is 0 Å². The number of amides is 2. The van der Waals surface area contributed by atoms with Gasteiger partial charge in [0.05, 0.1) is 5.69 Å². The molecule has 2 amide bonds. The number of aromatic nitrogens is 1. The average Bonchev–Trinajstić information content (AvgIpc) is 2.96. The van der Waals surface area contributed by atoms with Gasteiger partial charge in [-0.05, 0) is 60.6 Å². The summed E-state index contributed by atoms with van der Waals surface area (Å²) in [5.41, 5.74) is 6.95. The summed E-state index contributed by atoms with van der Waals surface area (Å²) in [5, 5.41) is 3.06. The second kappa shape index (κ2) is 6.40. The van der Waals surface area contributed by atoms with E-state index in [1.165, 1.54) is 28.6 Å². The van der Waals surface area contributed by atoms with Gasteiger partial charge in [0.25, 0.3) is 0 Å². The van der Waals surface area contributed by atoms with E-state index in [9.17, 15) is 4.79 Å². The molecule has 0 atom stereocenters. The molecule has 1 aliphatic carbocycles. The van der Waals surface area contributed by atoms with Crippen molar-refractivity contribution in [1.82, 2.24) is 9.71 Å². The van der Waals surface area contributed by atoms with E-state index >= 15 is 0 Å². The minimum atomic E-state index is -0.178. The average molecular weight is 313 g/mol. The summed E-state index contributed by atoms with van der Waals surface area (Å²) < 4.78 is 2.74. The van der Waals surface area contributed by atoms with E-state index in [-0.39, 0.29) is 6.03 Å². The Kier molecular flexibility index (Phi) is 4.34. The van der Waals surface area contributed by atoms with Gasteiger partial charge in [0.1, 0.15) is 0 Å². The van der Waals surface area contributed by atoms with Crippen LogP contribution in [0, 0.1) is 6.92 Å². The molecular formula is C17H19N3OS. The van der Waals surface area contributed by atoms with Crippen molar-refractivity contribution in [3.63, 3.8) is 0 Å². The minimum Gasteiger partial charge on any atom is -0.306 e. The molecule has 0 unspecified atom stereocenters. The van der Waals surface area contributed by atoms with E-state index < -0.39 is 0 Å². The molecule has 0 saturated heterocycles. The van der Waals surface area contributed by atoms with Crippen LogP contribution in [0.15, 0.2) is 30.6 Å². The third-order valence-corrected chi connectivity index (χ3v) is 4.39. The van der Waals surface area contributed by atoms with Gasteiger partial charge in [-0.3, -0.25) is 9.71 Å². The van der Waals surface area contributed by atoms with Crippen LogP contribution in [0.3, 0.4) is 0 Å². The quantitative estimate of drug-likeness (QED) is 0.844. The topological polar surface area (TPSA) is 54.0 Å². The number of aryl methyl sites for hydroxylation is 2. The van der Waals surface area contributed by atoms with Crippen molar-refractivity contribution >= 4 is 23.7 Å². The zero-order chi connectivity index (χ0) is 15.5. The van der Waals surface area contributed by atoms with E-state index in [4.69, 9.17) is 0 Å². The summed E-state index contributed by atoms with van der Waals surface area (Å²) >= 11 is 1.30. The number of urea groups is 1. The molecule has 2 N–H and O–H groups in total. The lowest BCUT2D eigenvalue weighted by Crippen LogP contribution is -2.23. The van der Waals surface area contributed by atoms with E-state index in [2.05, 4.69) is 28.0 Å². The number of carbonyl (C=O) groups is 1. The molecule has 22 heavy (non-hydrogen) atoms. The van der Waals surface area contributed by atoms with E-state index in [0.29, 0.717) is 0 Å². The fourth-order valence-corrected chi connectivity index (χ4v) is 3.39. The molecule has 3 rings (SSSR count). The van der Waals surface area contributed by atoms with Crippen molar-refractivity contribution < 1.29 is 4.79 Å². The Morgan fingerprint density at radius 2 is 2.05 bits per heavy atom. The lowest BCUT2D eigenvalue weighted by molar-refractivity contribution is 0.257.